The van der Waals surface area contributed by atoms with Crippen molar-refractivity contribution in [3.05, 3.63) is 28.6 Å². The minimum Gasteiger partial charge on any atom is -0.363 e. The Hall–Kier alpha value is -1.36. The van der Waals surface area contributed by atoms with Crippen LogP contribution in [0.3, 0.4) is 0 Å². The number of piperazine rings is 1. The summed E-state index contributed by atoms with van der Waals surface area (Å²) in [5.41, 5.74) is -0.0501. The van der Waals surface area contributed by atoms with Crippen LogP contribution in [-0.2, 0) is 0 Å². The summed E-state index contributed by atoms with van der Waals surface area (Å²) < 4.78 is 0. The molecule has 16 heavy (non-hydrogen) atoms. The third kappa shape index (κ3) is 2.41. The fourth-order valence-electron chi connectivity index (χ4n) is 1.88. The fourth-order valence-corrected chi connectivity index (χ4v) is 2.07. The highest BCUT2D eigenvalue weighted by Crippen LogP contribution is 2.11. The zero-order valence-electron chi connectivity index (χ0n) is 9.27. The molecule has 0 spiro atoms. The number of aromatic nitrogens is 1. The van der Waals surface area contributed by atoms with Crippen molar-refractivity contribution in [2.24, 2.45) is 0 Å². The normalized spacial score (nSPS) is 16.3. The van der Waals surface area contributed by atoms with Crippen LogP contribution >= 0.6 is 12.2 Å². The van der Waals surface area contributed by atoms with Gasteiger partial charge in [-0.1, -0.05) is 18.3 Å². The number of nitrogens with one attached hydrogen (secondary N) is 1. The van der Waals surface area contributed by atoms with E-state index in [9.17, 15) is 4.79 Å². The van der Waals surface area contributed by atoms with E-state index in [0.717, 1.165) is 37.0 Å². The van der Waals surface area contributed by atoms with E-state index in [-0.39, 0.29) is 5.56 Å². The lowest BCUT2D eigenvalue weighted by atomic mass is 10.3. The van der Waals surface area contributed by atoms with Gasteiger partial charge in [-0.3, -0.25) is 4.79 Å². The Kier molecular flexibility index (Phi) is 3.24. The van der Waals surface area contributed by atoms with Crippen LogP contribution < -0.4 is 10.5 Å². The first-order chi connectivity index (χ1) is 7.66. The number of rotatable bonds is 1. The maximum Gasteiger partial charge on any atom is 0.249 e. The van der Waals surface area contributed by atoms with E-state index in [1.54, 1.807) is 6.07 Å². The number of hydrogen-bond acceptors (Lipinski definition) is 3. The summed E-state index contributed by atoms with van der Waals surface area (Å²) in [7, 11) is 0. The maximum atomic E-state index is 11.2. The molecular formula is C11H15N3OS. The van der Waals surface area contributed by atoms with Crippen molar-refractivity contribution >= 4 is 23.0 Å². The van der Waals surface area contributed by atoms with Crippen LogP contribution in [0.1, 0.15) is 6.92 Å². The third-order valence-electron chi connectivity index (χ3n) is 2.82. The summed E-state index contributed by atoms with van der Waals surface area (Å²) >= 11 is 5.14. The molecule has 0 aliphatic carbocycles. The third-order valence-corrected chi connectivity index (χ3v) is 3.08. The number of anilines is 1. The number of nitrogens with zero attached hydrogens (tertiary/aromatic N) is 2. The minimum atomic E-state index is -0.0501. The molecule has 2 rings (SSSR count). The van der Waals surface area contributed by atoms with Crippen LogP contribution in [0.25, 0.3) is 0 Å². The summed E-state index contributed by atoms with van der Waals surface area (Å²) in [5, 5.41) is 0. The van der Waals surface area contributed by atoms with Gasteiger partial charge in [-0.25, -0.2) is 0 Å². The largest absolute Gasteiger partial charge is 0.363 e. The van der Waals surface area contributed by atoms with Gasteiger partial charge in [0, 0.05) is 32.2 Å². The highest BCUT2D eigenvalue weighted by Gasteiger charge is 2.17. The van der Waals surface area contributed by atoms with Crippen LogP contribution in [0, 0.1) is 0 Å². The van der Waals surface area contributed by atoms with Gasteiger partial charge < -0.3 is 14.8 Å². The Morgan fingerprint density at radius 1 is 1.31 bits per heavy atom. The topological polar surface area (TPSA) is 39.3 Å². The molecule has 0 saturated carbocycles. The van der Waals surface area contributed by atoms with Gasteiger partial charge in [0.1, 0.15) is 5.82 Å². The van der Waals surface area contributed by atoms with Crippen molar-refractivity contribution in [1.29, 1.82) is 0 Å². The molecule has 2 heterocycles. The smallest absolute Gasteiger partial charge is 0.249 e. The molecular weight excluding hydrogens is 222 g/mol. The first-order valence-electron chi connectivity index (χ1n) is 5.36. The van der Waals surface area contributed by atoms with Gasteiger partial charge >= 0.3 is 0 Å². The second-order valence-electron chi connectivity index (χ2n) is 3.89. The van der Waals surface area contributed by atoms with Crippen molar-refractivity contribution in [2.45, 2.75) is 6.92 Å². The number of H-pyrrole nitrogens is 1. The van der Waals surface area contributed by atoms with E-state index in [1.165, 1.54) is 6.07 Å². The molecule has 1 saturated heterocycles. The van der Waals surface area contributed by atoms with Gasteiger partial charge in [0.25, 0.3) is 0 Å². The number of aromatic amines is 1. The molecule has 0 atom stereocenters. The Bertz CT molecular complexity index is 435. The quantitative estimate of drug-likeness (QED) is 0.735. The Balaban J connectivity index is 2.04. The predicted molar refractivity (Wildman–Crippen MR) is 69.1 cm³/mol. The Labute approximate surface area is 99.9 Å². The predicted octanol–water partition coefficient (Wildman–Crippen LogP) is 0.844. The summed E-state index contributed by atoms with van der Waals surface area (Å²) in [6.07, 6.45) is 0. The van der Waals surface area contributed by atoms with E-state index in [4.69, 9.17) is 12.2 Å². The molecule has 1 aromatic rings. The number of thiocarbonyl (C=S) groups is 1. The zero-order valence-corrected chi connectivity index (χ0v) is 10.1. The first-order valence-corrected chi connectivity index (χ1v) is 5.77. The van der Waals surface area contributed by atoms with E-state index >= 15 is 0 Å². The SMILES string of the molecule is CC(=S)N1CCN(c2cccc(=O)[nH]2)CC1. The van der Waals surface area contributed by atoms with Crippen LogP contribution in [0.4, 0.5) is 5.82 Å². The molecule has 0 amide bonds. The summed E-state index contributed by atoms with van der Waals surface area (Å²) in [6.45, 7) is 5.59. The average molecular weight is 237 g/mol. The number of pyridine rings is 1. The minimum absolute atomic E-state index is 0.0501. The summed E-state index contributed by atoms with van der Waals surface area (Å²) in [4.78, 5) is 19.3. The monoisotopic (exact) mass is 237 g/mol. The molecule has 86 valence electrons. The van der Waals surface area contributed by atoms with E-state index in [0.29, 0.717) is 0 Å². The van der Waals surface area contributed by atoms with Gasteiger partial charge in [-0.05, 0) is 13.0 Å². The highest BCUT2D eigenvalue weighted by molar-refractivity contribution is 7.80. The maximum absolute atomic E-state index is 11.2. The second kappa shape index (κ2) is 4.65. The summed E-state index contributed by atoms with van der Waals surface area (Å²) in [6, 6.07) is 5.24. The Morgan fingerprint density at radius 3 is 2.56 bits per heavy atom. The molecule has 0 aromatic carbocycles. The summed E-state index contributed by atoms with van der Waals surface area (Å²) in [5.74, 6) is 0.897. The van der Waals surface area contributed by atoms with E-state index in [1.807, 2.05) is 13.0 Å². The van der Waals surface area contributed by atoms with Crippen LogP contribution in [0.5, 0.6) is 0 Å². The average Bonchev–Trinajstić information content (AvgIpc) is 2.29. The molecule has 0 bridgehead atoms. The van der Waals surface area contributed by atoms with Crippen molar-refractivity contribution in [3.8, 4) is 0 Å². The molecule has 0 unspecified atom stereocenters. The van der Waals surface area contributed by atoms with E-state index < -0.39 is 0 Å². The molecule has 1 aliphatic rings. The van der Waals surface area contributed by atoms with Gasteiger partial charge in [-0.15, -0.1) is 0 Å². The molecule has 0 radical (unpaired) electrons. The molecule has 4 nitrogen and oxygen atoms in total. The Morgan fingerprint density at radius 2 is 2.00 bits per heavy atom. The van der Waals surface area contributed by atoms with Gasteiger partial charge in [-0.2, -0.15) is 0 Å². The van der Waals surface area contributed by atoms with Crippen molar-refractivity contribution in [3.63, 3.8) is 0 Å². The van der Waals surface area contributed by atoms with Crippen LogP contribution in [-0.4, -0.2) is 41.1 Å². The lowest BCUT2D eigenvalue weighted by Crippen LogP contribution is -2.48. The van der Waals surface area contributed by atoms with Crippen molar-refractivity contribution in [1.82, 2.24) is 9.88 Å². The zero-order chi connectivity index (χ0) is 11.5. The highest BCUT2D eigenvalue weighted by atomic mass is 32.1. The lowest BCUT2D eigenvalue weighted by molar-refractivity contribution is 0.388. The molecule has 1 aromatic heterocycles. The number of hydrogen-bond donors (Lipinski definition) is 1. The van der Waals surface area contributed by atoms with Crippen LogP contribution in [0.2, 0.25) is 0 Å². The molecule has 1 aliphatic heterocycles. The fraction of sp³-hybridized carbons (Fsp3) is 0.455. The van der Waals surface area contributed by atoms with Crippen LogP contribution in [0.15, 0.2) is 23.0 Å². The van der Waals surface area contributed by atoms with Crippen molar-refractivity contribution in [2.75, 3.05) is 31.1 Å². The molecule has 1 fully saturated rings. The van der Waals surface area contributed by atoms with Gasteiger partial charge in [0.2, 0.25) is 5.56 Å². The van der Waals surface area contributed by atoms with E-state index in [2.05, 4.69) is 14.8 Å². The van der Waals surface area contributed by atoms with Gasteiger partial charge in [0.05, 0.1) is 4.99 Å². The standard InChI is InChI=1S/C11H15N3OS/c1-9(16)13-5-7-14(8-6-13)10-3-2-4-11(15)12-10/h2-4H,5-8H2,1H3,(H,12,15). The lowest BCUT2D eigenvalue weighted by Gasteiger charge is -2.36. The molecule has 1 N–H and O–H groups in total. The second-order valence-corrected chi connectivity index (χ2v) is 4.48. The molecule has 5 heteroatoms. The van der Waals surface area contributed by atoms with Gasteiger partial charge in [0.15, 0.2) is 0 Å². The first kappa shape index (κ1) is 11.1. The van der Waals surface area contributed by atoms with Crippen molar-refractivity contribution < 1.29 is 0 Å².